The van der Waals surface area contributed by atoms with Gasteiger partial charge in [0.05, 0.1) is 6.04 Å². The van der Waals surface area contributed by atoms with E-state index < -0.39 is 0 Å². The van der Waals surface area contributed by atoms with Crippen LogP contribution >= 0.6 is 11.6 Å². The van der Waals surface area contributed by atoms with Crippen molar-refractivity contribution in [3.63, 3.8) is 0 Å². The van der Waals surface area contributed by atoms with Gasteiger partial charge in [-0.05, 0) is 56.1 Å². The van der Waals surface area contributed by atoms with Crippen molar-refractivity contribution in [2.45, 2.75) is 6.04 Å². The Morgan fingerprint density at radius 3 is 2.46 bits per heavy atom. The highest BCUT2D eigenvalue weighted by atomic mass is 35.5. The molecule has 134 valence electrons. The van der Waals surface area contributed by atoms with Crippen molar-refractivity contribution in [2.24, 2.45) is 0 Å². The summed E-state index contributed by atoms with van der Waals surface area (Å²) in [6, 6.07) is 15.0. The lowest BCUT2D eigenvalue weighted by Crippen LogP contribution is -2.34. The molecule has 0 spiro atoms. The molecule has 0 aliphatic carbocycles. The van der Waals surface area contributed by atoms with Gasteiger partial charge in [-0.25, -0.2) is 0 Å². The van der Waals surface area contributed by atoms with Gasteiger partial charge in [0.2, 0.25) is 0 Å². The lowest BCUT2D eigenvalue weighted by atomic mass is 10.1. The molecule has 26 heavy (non-hydrogen) atoms. The summed E-state index contributed by atoms with van der Waals surface area (Å²) in [5.74, 6) is -0.116. The molecule has 0 saturated heterocycles. The summed E-state index contributed by atoms with van der Waals surface area (Å²) in [5.41, 5.74) is 2.56. The topological polar surface area (TPSA) is 63.1 Å². The number of halogens is 1. The minimum Gasteiger partial charge on any atom is -0.350 e. The van der Waals surface area contributed by atoms with Crippen molar-refractivity contribution in [2.75, 3.05) is 20.6 Å². The zero-order valence-electron chi connectivity index (χ0n) is 14.6. The Morgan fingerprint density at radius 1 is 1.15 bits per heavy atom. The molecule has 1 aromatic heterocycles. The van der Waals surface area contributed by atoms with Crippen molar-refractivity contribution in [3.05, 3.63) is 77.3 Å². The second-order valence-corrected chi connectivity index (χ2v) is 6.60. The number of amides is 1. The lowest BCUT2D eigenvalue weighted by Gasteiger charge is -2.25. The molecule has 1 amide bonds. The molecule has 0 aliphatic heterocycles. The normalized spacial score (nSPS) is 12.2. The summed E-state index contributed by atoms with van der Waals surface area (Å²) in [6.07, 6.45) is 3.23. The number of carbonyl (C=O) groups excluding carboxylic acids is 1. The Kier molecular flexibility index (Phi) is 5.65. The third kappa shape index (κ3) is 4.28. The van der Waals surface area contributed by atoms with Gasteiger partial charge in [0.15, 0.2) is 0 Å². The molecule has 0 bridgehead atoms. The molecule has 1 atom stereocenters. The second kappa shape index (κ2) is 8.12. The number of hydrogen-bond acceptors (Lipinski definition) is 4. The van der Waals surface area contributed by atoms with E-state index in [1.54, 1.807) is 29.4 Å². The quantitative estimate of drug-likeness (QED) is 0.725. The predicted molar refractivity (Wildman–Crippen MR) is 102 cm³/mol. The number of carbonyl (C=O) groups is 1. The van der Waals surface area contributed by atoms with Crippen LogP contribution in [-0.2, 0) is 0 Å². The van der Waals surface area contributed by atoms with E-state index >= 15 is 0 Å². The lowest BCUT2D eigenvalue weighted by molar-refractivity contribution is 0.0942. The van der Waals surface area contributed by atoms with Crippen molar-refractivity contribution in [1.82, 2.24) is 25.0 Å². The van der Waals surface area contributed by atoms with Gasteiger partial charge in [0.25, 0.3) is 5.91 Å². The van der Waals surface area contributed by atoms with Crippen LogP contribution in [0.2, 0.25) is 5.02 Å². The molecule has 6 nitrogen and oxygen atoms in total. The minimum absolute atomic E-state index is 0.0361. The van der Waals surface area contributed by atoms with Crippen LogP contribution in [-0.4, -0.2) is 46.2 Å². The Bertz CT molecular complexity index is 862. The highest BCUT2D eigenvalue weighted by molar-refractivity contribution is 6.30. The van der Waals surface area contributed by atoms with E-state index in [2.05, 4.69) is 20.4 Å². The fourth-order valence-corrected chi connectivity index (χ4v) is 2.92. The number of hydrogen-bond donors (Lipinski definition) is 1. The minimum atomic E-state index is -0.116. The first-order valence-corrected chi connectivity index (χ1v) is 8.57. The molecule has 0 saturated carbocycles. The third-order valence-electron chi connectivity index (χ3n) is 4.16. The highest BCUT2D eigenvalue weighted by Gasteiger charge is 2.16. The molecule has 0 aliphatic rings. The smallest absolute Gasteiger partial charge is 0.251 e. The summed E-state index contributed by atoms with van der Waals surface area (Å²) in [6.45, 7) is 0.485. The Morgan fingerprint density at radius 2 is 1.85 bits per heavy atom. The van der Waals surface area contributed by atoms with Crippen molar-refractivity contribution < 1.29 is 4.79 Å². The van der Waals surface area contributed by atoms with Gasteiger partial charge < -0.3 is 10.2 Å². The van der Waals surface area contributed by atoms with Gasteiger partial charge in [-0.1, -0.05) is 23.7 Å². The Balaban J connectivity index is 1.67. The van der Waals surface area contributed by atoms with E-state index in [1.807, 2.05) is 50.5 Å². The van der Waals surface area contributed by atoms with E-state index in [1.165, 1.54) is 0 Å². The average molecular weight is 370 g/mol. The highest BCUT2D eigenvalue weighted by Crippen LogP contribution is 2.21. The number of likely N-dealkylation sites (N-methyl/N-ethyl adjacent to an activating group) is 1. The zero-order chi connectivity index (χ0) is 18.5. The maximum atomic E-state index is 12.5. The third-order valence-corrected chi connectivity index (χ3v) is 4.39. The molecule has 0 unspecified atom stereocenters. The Labute approximate surface area is 157 Å². The molecule has 7 heteroatoms. The van der Waals surface area contributed by atoms with E-state index in [-0.39, 0.29) is 11.9 Å². The van der Waals surface area contributed by atoms with Gasteiger partial charge in [0.1, 0.15) is 12.7 Å². The zero-order valence-corrected chi connectivity index (χ0v) is 15.4. The molecule has 3 rings (SSSR count). The first-order chi connectivity index (χ1) is 12.5. The molecular formula is C19H20ClN5O. The van der Waals surface area contributed by atoms with Crippen LogP contribution in [0.3, 0.4) is 0 Å². The van der Waals surface area contributed by atoms with E-state index in [0.29, 0.717) is 17.1 Å². The van der Waals surface area contributed by atoms with E-state index in [4.69, 9.17) is 11.6 Å². The summed E-state index contributed by atoms with van der Waals surface area (Å²) in [4.78, 5) is 14.5. The Hall–Kier alpha value is -2.70. The molecule has 0 fully saturated rings. The largest absolute Gasteiger partial charge is 0.350 e. The first kappa shape index (κ1) is 18.1. The monoisotopic (exact) mass is 369 g/mol. The van der Waals surface area contributed by atoms with Gasteiger partial charge in [0, 0.05) is 22.8 Å². The van der Waals surface area contributed by atoms with Crippen molar-refractivity contribution in [3.8, 4) is 5.69 Å². The van der Waals surface area contributed by atoms with Crippen LogP contribution in [0.5, 0.6) is 0 Å². The first-order valence-electron chi connectivity index (χ1n) is 8.20. The van der Waals surface area contributed by atoms with Gasteiger partial charge in [-0.3, -0.25) is 9.36 Å². The summed E-state index contributed by atoms with van der Waals surface area (Å²) in [5, 5.41) is 11.2. The van der Waals surface area contributed by atoms with Crippen LogP contribution in [0.15, 0.2) is 61.2 Å². The maximum absolute atomic E-state index is 12.5. The summed E-state index contributed by atoms with van der Waals surface area (Å²) in [7, 11) is 3.96. The summed E-state index contributed by atoms with van der Waals surface area (Å²) >= 11 is 6.09. The molecule has 1 heterocycles. The van der Waals surface area contributed by atoms with E-state index in [9.17, 15) is 4.79 Å². The predicted octanol–water partition coefficient (Wildman–Crippen LogP) is 2.95. The average Bonchev–Trinajstić information content (AvgIpc) is 3.16. The SMILES string of the molecule is CN(C)[C@H](CNC(=O)c1ccc(-n2cnnc2)cc1)c1cccc(Cl)c1. The molecular weight excluding hydrogens is 350 g/mol. The van der Waals surface area contributed by atoms with Crippen LogP contribution in [0.4, 0.5) is 0 Å². The van der Waals surface area contributed by atoms with Crippen molar-refractivity contribution in [1.29, 1.82) is 0 Å². The second-order valence-electron chi connectivity index (χ2n) is 6.16. The number of nitrogens with one attached hydrogen (secondary N) is 1. The van der Waals surface area contributed by atoms with Crippen LogP contribution in [0.25, 0.3) is 5.69 Å². The molecule has 3 aromatic rings. The van der Waals surface area contributed by atoms with Crippen LogP contribution < -0.4 is 5.32 Å². The molecule has 2 aromatic carbocycles. The maximum Gasteiger partial charge on any atom is 0.251 e. The van der Waals surface area contributed by atoms with Gasteiger partial charge in [-0.2, -0.15) is 0 Å². The fraction of sp³-hybridized carbons (Fsp3) is 0.211. The molecule has 0 radical (unpaired) electrons. The number of aromatic nitrogens is 3. The number of nitrogens with zero attached hydrogens (tertiary/aromatic N) is 4. The molecule has 1 N–H and O–H groups in total. The number of rotatable bonds is 6. The van der Waals surface area contributed by atoms with Crippen LogP contribution in [0.1, 0.15) is 22.0 Å². The summed E-state index contributed by atoms with van der Waals surface area (Å²) < 4.78 is 1.78. The van der Waals surface area contributed by atoms with Crippen molar-refractivity contribution >= 4 is 17.5 Å². The van der Waals surface area contributed by atoms with Gasteiger partial charge in [-0.15, -0.1) is 10.2 Å². The number of benzene rings is 2. The van der Waals surface area contributed by atoms with E-state index in [0.717, 1.165) is 11.3 Å². The standard InChI is InChI=1S/C19H20ClN5O/c1-24(2)18(15-4-3-5-16(20)10-15)11-21-19(26)14-6-8-17(9-7-14)25-12-22-23-13-25/h3-10,12-13,18H,11H2,1-2H3,(H,21,26)/t18-/m1/s1. The van der Waals surface area contributed by atoms with Crippen LogP contribution in [0, 0.1) is 0 Å². The van der Waals surface area contributed by atoms with Gasteiger partial charge >= 0.3 is 0 Å². The fourth-order valence-electron chi connectivity index (χ4n) is 2.72.